The molecule has 1 fully saturated rings. The summed E-state index contributed by atoms with van der Waals surface area (Å²) in [7, 11) is 0. The van der Waals surface area contributed by atoms with Gasteiger partial charge in [-0.25, -0.2) is 4.79 Å². The van der Waals surface area contributed by atoms with Crippen LogP contribution in [0.15, 0.2) is 17.1 Å². The normalized spacial score (nSPS) is 28.8. The summed E-state index contributed by atoms with van der Waals surface area (Å²) in [5.41, 5.74) is 0.289. The van der Waals surface area contributed by atoms with Crippen LogP contribution < -0.4 is 11.2 Å². The number of aliphatic hydroxyl groups excluding tert-OH is 2. The highest BCUT2D eigenvalue weighted by Gasteiger charge is 2.44. The Hall–Kier alpha value is -1.50. The second kappa shape index (κ2) is 9.13. The van der Waals surface area contributed by atoms with Gasteiger partial charge in [-0.1, -0.05) is 32.5 Å². The fourth-order valence-corrected chi connectivity index (χ4v) is 3.04. The lowest BCUT2D eigenvalue weighted by atomic mass is 10.00. The third-order valence-electron chi connectivity index (χ3n) is 3.74. The molecule has 11 heteroatoms. The molecule has 27 heavy (non-hydrogen) atoms. The Labute approximate surface area is 161 Å². The fourth-order valence-electron chi connectivity index (χ4n) is 2.22. The Balaban J connectivity index is 1.95. The van der Waals surface area contributed by atoms with Gasteiger partial charge >= 0.3 is 5.69 Å². The van der Waals surface area contributed by atoms with Crippen molar-refractivity contribution in [1.82, 2.24) is 9.55 Å². The van der Waals surface area contributed by atoms with E-state index in [4.69, 9.17) is 16.1 Å². The molecule has 1 aromatic rings. The summed E-state index contributed by atoms with van der Waals surface area (Å²) < 4.78 is 19.8. The van der Waals surface area contributed by atoms with Gasteiger partial charge in [0.25, 0.3) is 0 Å². The van der Waals surface area contributed by atoms with E-state index in [-0.39, 0.29) is 24.1 Å². The Kier molecular flexibility index (Phi) is 6.84. The number of nitrogens with zero attached hydrogens (tertiary/aromatic N) is 2. The van der Waals surface area contributed by atoms with Gasteiger partial charge in [0.2, 0.25) is 0 Å². The second-order valence-electron chi connectivity index (χ2n) is 6.97. The molecular formula is C16H25N3O7S. The molecule has 2 rings (SSSR count). The summed E-state index contributed by atoms with van der Waals surface area (Å²) in [6.45, 7) is 5.53. The van der Waals surface area contributed by atoms with Crippen molar-refractivity contribution >= 4 is 22.7 Å². The van der Waals surface area contributed by atoms with E-state index < -0.39 is 35.6 Å². The third-order valence-corrected chi connectivity index (χ3v) is 4.99. The number of aromatic nitrogens is 2. The van der Waals surface area contributed by atoms with E-state index in [1.165, 1.54) is 6.07 Å². The zero-order valence-corrected chi connectivity index (χ0v) is 16.1. The van der Waals surface area contributed by atoms with E-state index in [1.54, 1.807) is 5.48 Å². The van der Waals surface area contributed by atoms with Crippen LogP contribution in [0.25, 0.3) is 0 Å². The predicted molar refractivity (Wildman–Crippen MR) is 97.6 cm³/mol. The number of carbonyl (C=O) groups excluding carboxylic acids is 1. The summed E-state index contributed by atoms with van der Waals surface area (Å²) in [6, 6.07) is 1.20. The first-order valence-corrected chi connectivity index (χ1v) is 9.28. The number of ether oxygens (including phenoxy) is 2. The minimum absolute atomic E-state index is 0.0292. The van der Waals surface area contributed by atoms with E-state index in [9.17, 15) is 19.8 Å². The fraction of sp³-hybridized carbons (Fsp3) is 0.688. The van der Waals surface area contributed by atoms with E-state index in [0.29, 0.717) is 10.3 Å². The maximum atomic E-state index is 12.0. The van der Waals surface area contributed by atoms with Crippen molar-refractivity contribution in [3.63, 3.8) is 0 Å². The van der Waals surface area contributed by atoms with Crippen LogP contribution in [0.3, 0.4) is 0 Å². The Morgan fingerprint density at radius 1 is 1.48 bits per heavy atom. The molecule has 0 amide bonds. The Morgan fingerprint density at radius 3 is 2.78 bits per heavy atom. The molecule has 0 bridgehead atoms. The summed E-state index contributed by atoms with van der Waals surface area (Å²) in [5, 5.41) is 29.2. The molecule has 4 N–H and O–H groups in total. The molecule has 0 saturated carbocycles. The second-order valence-corrected chi connectivity index (χ2v) is 8.04. The zero-order valence-electron chi connectivity index (χ0n) is 16.3. The Morgan fingerprint density at radius 2 is 2.19 bits per heavy atom. The lowest BCUT2D eigenvalue weighted by Crippen LogP contribution is -2.36. The first-order chi connectivity index (χ1) is 13.0. The Bertz CT molecular complexity index is 756. The van der Waals surface area contributed by atoms with E-state index in [0.717, 1.165) is 18.0 Å². The monoisotopic (exact) mass is 404 g/mol. The van der Waals surface area contributed by atoms with E-state index in [2.05, 4.69) is 4.98 Å². The van der Waals surface area contributed by atoms with Crippen molar-refractivity contribution in [2.45, 2.75) is 45.3 Å². The summed E-state index contributed by atoms with van der Waals surface area (Å²) >= 11 is 1.14. The summed E-state index contributed by atoms with van der Waals surface area (Å²) in [4.78, 5) is 27.3. The number of hydrogen-bond acceptors (Lipinski definition) is 10. The lowest BCUT2D eigenvalue weighted by Gasteiger charge is -2.17. The van der Waals surface area contributed by atoms with Crippen molar-refractivity contribution in [2.24, 2.45) is 5.41 Å². The molecule has 10 nitrogen and oxygen atoms in total. The van der Waals surface area contributed by atoms with Crippen LogP contribution in [-0.2, 0) is 14.3 Å². The van der Waals surface area contributed by atoms with Gasteiger partial charge in [-0.3, -0.25) is 20.0 Å². The number of thioether (sulfide) groups is 1. The smallest absolute Gasteiger partial charge is 0.351 e. The largest absolute Gasteiger partial charge is 0.387 e. The molecule has 1 saturated heterocycles. The minimum Gasteiger partial charge on any atom is -0.387 e. The maximum Gasteiger partial charge on any atom is 0.351 e. The number of carbonyl (C=O) groups is 1. The molecule has 152 valence electrons. The van der Waals surface area contributed by atoms with Crippen molar-refractivity contribution < 1.29 is 31.1 Å². The van der Waals surface area contributed by atoms with Gasteiger partial charge in [0.15, 0.2) is 17.1 Å². The molecule has 1 aromatic heterocycles. The van der Waals surface area contributed by atoms with Crippen molar-refractivity contribution in [3.05, 3.63) is 22.7 Å². The SMILES string of the molecule is [2H][C@@]1(n2ccc(NO)nc2=O)O[C@H](COCCSC(=O)C(C)(C)C)[C@@H](O)[C@H]1O. The van der Waals surface area contributed by atoms with E-state index >= 15 is 0 Å². The van der Waals surface area contributed by atoms with Crippen molar-refractivity contribution in [2.75, 3.05) is 24.4 Å². The molecule has 2 heterocycles. The van der Waals surface area contributed by atoms with Crippen LogP contribution in [-0.4, -0.2) is 67.4 Å². The van der Waals surface area contributed by atoms with Crippen LogP contribution in [0, 0.1) is 5.41 Å². The molecule has 4 atom stereocenters. The maximum absolute atomic E-state index is 12.0. The predicted octanol–water partition coefficient (Wildman–Crippen LogP) is -0.0139. The van der Waals surface area contributed by atoms with Gasteiger partial charge in [0, 0.05) is 17.4 Å². The highest BCUT2D eigenvalue weighted by atomic mass is 32.2. The molecule has 0 radical (unpaired) electrons. The first kappa shape index (κ1) is 20.2. The molecule has 0 unspecified atom stereocenters. The average molecular weight is 404 g/mol. The van der Waals surface area contributed by atoms with Gasteiger partial charge in [-0.15, -0.1) is 0 Å². The van der Waals surface area contributed by atoms with E-state index in [1.807, 2.05) is 20.8 Å². The molecule has 0 aliphatic carbocycles. The third kappa shape index (κ3) is 5.50. The summed E-state index contributed by atoms with van der Waals surface area (Å²) in [5.74, 6) is 0.270. The van der Waals surface area contributed by atoms with Crippen LogP contribution in [0.5, 0.6) is 0 Å². The standard InChI is InChI=1S/C16H25N3O7S/c1-16(2,3)14(22)27-7-6-25-8-9-11(20)12(21)13(26-9)19-5-4-10(18-24)17-15(19)23/h4-5,9,11-13,20-21,24H,6-8H2,1-3H3,(H,17,18,23)/t9-,11-,12-,13-/m1/s1/i13D. The van der Waals surface area contributed by atoms with Gasteiger partial charge in [-0.2, -0.15) is 4.98 Å². The highest BCUT2D eigenvalue weighted by Crippen LogP contribution is 2.29. The number of hydrogen-bond donors (Lipinski definition) is 4. The van der Waals surface area contributed by atoms with Crippen molar-refractivity contribution in [3.8, 4) is 0 Å². The molecule has 0 aromatic carbocycles. The molecule has 1 aliphatic rings. The topological polar surface area (TPSA) is 143 Å². The average Bonchev–Trinajstić information content (AvgIpc) is 2.84. The van der Waals surface area contributed by atoms with Gasteiger partial charge in [0.1, 0.15) is 18.3 Å². The van der Waals surface area contributed by atoms with Crippen LogP contribution in [0.2, 0.25) is 0 Å². The van der Waals surface area contributed by atoms with Gasteiger partial charge in [-0.05, 0) is 6.07 Å². The highest BCUT2D eigenvalue weighted by molar-refractivity contribution is 8.13. The molecular weight excluding hydrogens is 378 g/mol. The number of nitrogens with one attached hydrogen (secondary N) is 1. The van der Waals surface area contributed by atoms with Gasteiger partial charge < -0.3 is 19.7 Å². The molecule has 0 spiro atoms. The molecule has 1 aliphatic heterocycles. The quantitative estimate of drug-likeness (QED) is 0.362. The van der Waals surface area contributed by atoms with Crippen LogP contribution in [0.1, 0.15) is 28.3 Å². The first-order valence-electron chi connectivity index (χ1n) is 8.80. The van der Waals surface area contributed by atoms with Gasteiger partial charge in [0.05, 0.1) is 14.6 Å². The zero-order chi connectivity index (χ0) is 21.1. The van der Waals surface area contributed by atoms with Crippen molar-refractivity contribution in [1.29, 1.82) is 0 Å². The number of aliphatic hydroxyl groups is 2. The van der Waals surface area contributed by atoms with Crippen LogP contribution in [0.4, 0.5) is 5.82 Å². The number of anilines is 1. The minimum atomic E-state index is -2.30. The van der Waals surface area contributed by atoms with Crippen LogP contribution >= 0.6 is 11.8 Å². The number of rotatable bonds is 7. The summed E-state index contributed by atoms with van der Waals surface area (Å²) in [6.07, 6.45) is -5.45. The lowest BCUT2D eigenvalue weighted by molar-refractivity contribution is -0.117.